The van der Waals surface area contributed by atoms with Gasteiger partial charge in [0.25, 0.3) is 5.91 Å². The Hall–Kier alpha value is -3.17. The molecule has 2 aliphatic rings. The fourth-order valence-corrected chi connectivity index (χ4v) is 6.91. The van der Waals surface area contributed by atoms with Crippen molar-refractivity contribution in [2.45, 2.75) is 71.0 Å². The van der Waals surface area contributed by atoms with Gasteiger partial charge in [0.2, 0.25) is 11.8 Å². The summed E-state index contributed by atoms with van der Waals surface area (Å²) in [5.74, 6) is -0.0293. The van der Waals surface area contributed by atoms with Crippen molar-refractivity contribution in [3.8, 4) is 0 Å². The predicted molar refractivity (Wildman–Crippen MR) is 161 cm³/mol. The van der Waals surface area contributed by atoms with E-state index in [9.17, 15) is 14.4 Å². The number of aryl methyl sites for hydroxylation is 1. The Bertz CT molecular complexity index is 1350. The first-order valence-corrected chi connectivity index (χ1v) is 15.4. The molecule has 8 nitrogen and oxygen atoms in total. The van der Waals surface area contributed by atoms with Gasteiger partial charge in [-0.2, -0.15) is 0 Å². The Labute approximate surface area is 240 Å². The van der Waals surface area contributed by atoms with Crippen molar-refractivity contribution in [3.63, 3.8) is 0 Å². The molecule has 3 amide bonds. The van der Waals surface area contributed by atoms with Crippen LogP contribution < -0.4 is 15.5 Å². The van der Waals surface area contributed by atoms with E-state index in [4.69, 9.17) is 0 Å². The highest BCUT2D eigenvalue weighted by molar-refractivity contribution is 7.17. The van der Waals surface area contributed by atoms with E-state index >= 15 is 0 Å². The van der Waals surface area contributed by atoms with Crippen molar-refractivity contribution >= 4 is 45.0 Å². The SMILES string of the molecule is CCN(C(=O)Cn1c(C(=O)NC2CCC(C(=O)NC3CCN(C)CC3)CC2)cc2sccc21)c1cccc(C)c1. The first-order valence-electron chi connectivity index (χ1n) is 14.6. The first kappa shape index (κ1) is 28.4. The van der Waals surface area contributed by atoms with E-state index in [-0.39, 0.29) is 42.3 Å². The van der Waals surface area contributed by atoms with E-state index in [0.717, 1.165) is 73.1 Å². The number of aromatic nitrogens is 1. The van der Waals surface area contributed by atoms with Crippen LogP contribution in [0.4, 0.5) is 5.69 Å². The minimum atomic E-state index is -0.158. The minimum Gasteiger partial charge on any atom is -0.353 e. The molecule has 0 unspecified atom stereocenters. The van der Waals surface area contributed by atoms with Crippen LogP contribution in [0.5, 0.6) is 0 Å². The van der Waals surface area contributed by atoms with Crippen molar-refractivity contribution in [1.82, 2.24) is 20.1 Å². The van der Waals surface area contributed by atoms with Gasteiger partial charge < -0.3 is 25.0 Å². The van der Waals surface area contributed by atoms with Gasteiger partial charge in [0.15, 0.2) is 0 Å². The number of hydrogen-bond donors (Lipinski definition) is 2. The Morgan fingerprint density at radius 2 is 1.70 bits per heavy atom. The average molecular weight is 564 g/mol. The number of nitrogens with zero attached hydrogens (tertiary/aromatic N) is 3. The molecule has 1 aromatic carbocycles. The second kappa shape index (κ2) is 12.6. The minimum absolute atomic E-state index is 0.0151. The summed E-state index contributed by atoms with van der Waals surface area (Å²) < 4.78 is 2.84. The summed E-state index contributed by atoms with van der Waals surface area (Å²) in [6.45, 7) is 6.67. The third kappa shape index (κ3) is 6.41. The van der Waals surface area contributed by atoms with E-state index in [1.165, 1.54) is 0 Å². The molecule has 214 valence electrons. The summed E-state index contributed by atoms with van der Waals surface area (Å²) in [4.78, 5) is 43.9. The second-order valence-electron chi connectivity index (χ2n) is 11.4. The van der Waals surface area contributed by atoms with Crippen LogP contribution in [0.25, 0.3) is 10.2 Å². The highest BCUT2D eigenvalue weighted by Crippen LogP contribution is 2.28. The van der Waals surface area contributed by atoms with E-state index in [2.05, 4.69) is 22.6 Å². The monoisotopic (exact) mass is 563 g/mol. The molecule has 5 rings (SSSR count). The summed E-state index contributed by atoms with van der Waals surface area (Å²) in [5.41, 5.74) is 3.37. The molecule has 2 fully saturated rings. The number of carbonyl (C=O) groups excluding carboxylic acids is 3. The molecule has 9 heteroatoms. The summed E-state index contributed by atoms with van der Waals surface area (Å²) in [6.07, 6.45) is 5.13. The number of benzene rings is 1. The molecule has 1 saturated heterocycles. The fourth-order valence-electron chi connectivity index (χ4n) is 6.09. The quantitative estimate of drug-likeness (QED) is 0.421. The second-order valence-corrected chi connectivity index (χ2v) is 12.3. The third-order valence-corrected chi connectivity index (χ3v) is 9.33. The molecule has 1 aliphatic heterocycles. The number of rotatable bonds is 8. The van der Waals surface area contributed by atoms with Crippen LogP contribution in [0, 0.1) is 12.8 Å². The van der Waals surface area contributed by atoms with Crippen molar-refractivity contribution in [2.75, 3.05) is 31.6 Å². The zero-order valence-electron chi connectivity index (χ0n) is 23.8. The first-order chi connectivity index (χ1) is 19.3. The molecule has 0 atom stereocenters. The van der Waals surface area contributed by atoms with Gasteiger partial charge >= 0.3 is 0 Å². The smallest absolute Gasteiger partial charge is 0.268 e. The number of hydrogen-bond acceptors (Lipinski definition) is 5. The molecule has 0 spiro atoms. The van der Waals surface area contributed by atoms with Crippen molar-refractivity contribution in [2.24, 2.45) is 5.92 Å². The Morgan fingerprint density at radius 1 is 0.975 bits per heavy atom. The van der Waals surface area contributed by atoms with Gasteiger partial charge in [0.1, 0.15) is 12.2 Å². The van der Waals surface area contributed by atoms with Gasteiger partial charge in [0.05, 0.1) is 10.2 Å². The summed E-state index contributed by atoms with van der Waals surface area (Å²) >= 11 is 1.57. The molecular weight excluding hydrogens is 522 g/mol. The number of likely N-dealkylation sites (N-methyl/N-ethyl adjacent to an activating group) is 1. The topological polar surface area (TPSA) is 86.7 Å². The number of piperidine rings is 1. The maximum absolute atomic E-state index is 13.5. The molecule has 1 saturated carbocycles. The molecule has 1 aliphatic carbocycles. The summed E-state index contributed by atoms with van der Waals surface area (Å²) in [5, 5.41) is 8.47. The maximum atomic E-state index is 13.5. The number of fused-ring (bicyclic) bond motifs is 1. The predicted octanol–water partition coefficient (Wildman–Crippen LogP) is 4.56. The molecule has 0 bridgehead atoms. The molecule has 0 radical (unpaired) electrons. The Kier molecular flexibility index (Phi) is 8.90. The van der Waals surface area contributed by atoms with Crippen LogP contribution in [-0.2, 0) is 16.1 Å². The number of amides is 3. The van der Waals surface area contributed by atoms with E-state index in [0.29, 0.717) is 12.2 Å². The van der Waals surface area contributed by atoms with Crippen molar-refractivity contribution < 1.29 is 14.4 Å². The number of carbonyl (C=O) groups is 3. The number of thiophene rings is 1. The summed E-state index contributed by atoms with van der Waals surface area (Å²) in [6, 6.07) is 12.1. The molecule has 3 heterocycles. The van der Waals surface area contributed by atoms with Crippen LogP contribution in [0.1, 0.15) is 61.5 Å². The number of anilines is 1. The van der Waals surface area contributed by atoms with Gasteiger partial charge in [-0.05, 0) is 108 Å². The average Bonchev–Trinajstić information content (AvgIpc) is 3.53. The largest absolute Gasteiger partial charge is 0.353 e. The van der Waals surface area contributed by atoms with Gasteiger partial charge in [-0.25, -0.2) is 0 Å². The molecule has 40 heavy (non-hydrogen) atoms. The fraction of sp³-hybridized carbons (Fsp3) is 0.516. The van der Waals surface area contributed by atoms with Gasteiger partial charge in [-0.15, -0.1) is 11.3 Å². The van der Waals surface area contributed by atoms with Crippen LogP contribution >= 0.6 is 11.3 Å². The van der Waals surface area contributed by atoms with Gasteiger partial charge in [0, 0.05) is 30.2 Å². The van der Waals surface area contributed by atoms with E-state index in [1.54, 1.807) is 16.2 Å². The Morgan fingerprint density at radius 3 is 2.40 bits per heavy atom. The maximum Gasteiger partial charge on any atom is 0.268 e. The van der Waals surface area contributed by atoms with E-state index in [1.807, 2.05) is 60.2 Å². The van der Waals surface area contributed by atoms with Gasteiger partial charge in [-0.1, -0.05) is 12.1 Å². The third-order valence-electron chi connectivity index (χ3n) is 8.48. The lowest BCUT2D eigenvalue weighted by molar-refractivity contribution is -0.127. The lowest BCUT2D eigenvalue weighted by Gasteiger charge is -2.32. The Balaban J connectivity index is 1.21. The number of nitrogens with one attached hydrogen (secondary N) is 2. The lowest BCUT2D eigenvalue weighted by atomic mass is 9.85. The highest BCUT2D eigenvalue weighted by atomic mass is 32.1. The highest BCUT2D eigenvalue weighted by Gasteiger charge is 2.30. The lowest BCUT2D eigenvalue weighted by Crippen LogP contribution is -2.47. The van der Waals surface area contributed by atoms with Crippen LogP contribution in [-0.4, -0.2) is 66.0 Å². The van der Waals surface area contributed by atoms with Crippen molar-refractivity contribution in [3.05, 3.63) is 53.0 Å². The molecule has 2 N–H and O–H groups in total. The van der Waals surface area contributed by atoms with Crippen LogP contribution in [0.15, 0.2) is 41.8 Å². The molecule has 2 aromatic heterocycles. The van der Waals surface area contributed by atoms with Gasteiger partial charge in [-0.3, -0.25) is 14.4 Å². The van der Waals surface area contributed by atoms with E-state index < -0.39 is 0 Å². The molecular formula is C31H41N5O3S. The normalized spacial score (nSPS) is 20.4. The standard InChI is InChI=1S/C31H41N5O3S/c1-4-35(25-7-5-6-21(2)18-25)29(37)20-36-26-14-17-40-28(26)19-27(36)31(39)33-23-10-8-22(9-11-23)30(38)32-24-12-15-34(3)16-13-24/h5-7,14,17-19,22-24H,4,8-13,15-16,20H2,1-3H3,(H,32,38)(H,33,39). The number of likely N-dealkylation sites (tertiary alicyclic amines) is 1. The summed E-state index contributed by atoms with van der Waals surface area (Å²) in [7, 11) is 2.12. The zero-order valence-corrected chi connectivity index (χ0v) is 24.6. The van der Waals surface area contributed by atoms with Crippen LogP contribution in [0.3, 0.4) is 0 Å². The van der Waals surface area contributed by atoms with Crippen LogP contribution in [0.2, 0.25) is 0 Å². The molecule has 3 aromatic rings. The zero-order chi connectivity index (χ0) is 28.2. The van der Waals surface area contributed by atoms with Crippen molar-refractivity contribution in [1.29, 1.82) is 0 Å².